The number of carbonyl (C=O) groups is 1. The minimum atomic E-state index is -0.0619. The lowest BCUT2D eigenvalue weighted by molar-refractivity contribution is 0.0925. The third kappa shape index (κ3) is 3.51. The molecule has 0 aliphatic heterocycles. The molecule has 25 heavy (non-hydrogen) atoms. The predicted molar refractivity (Wildman–Crippen MR) is 98.6 cm³/mol. The third-order valence-electron chi connectivity index (χ3n) is 5.16. The number of hydrogen-bond acceptors (Lipinski definition) is 4. The molecule has 2 aliphatic carbocycles. The average Bonchev–Trinajstić information content (AvgIpc) is 3.23. The highest BCUT2D eigenvalue weighted by atomic mass is 35.5. The number of fused-ring (bicyclic) bond motifs is 1. The Hall–Kier alpha value is -1.66. The molecule has 2 aromatic rings. The number of thiophene rings is 1. The molecule has 7 heteroatoms. The van der Waals surface area contributed by atoms with E-state index in [0.717, 1.165) is 56.2 Å². The number of halogens is 1. The highest BCUT2D eigenvalue weighted by Crippen LogP contribution is 2.29. The van der Waals surface area contributed by atoms with E-state index in [-0.39, 0.29) is 23.6 Å². The summed E-state index contributed by atoms with van der Waals surface area (Å²) in [5, 5.41) is 7.70. The van der Waals surface area contributed by atoms with Gasteiger partial charge in [0, 0.05) is 12.1 Å². The normalized spacial score (nSPS) is 22.6. The molecule has 0 bridgehead atoms. The van der Waals surface area contributed by atoms with Gasteiger partial charge in [-0.25, -0.2) is 4.68 Å². The zero-order valence-electron chi connectivity index (χ0n) is 13.8. The van der Waals surface area contributed by atoms with Gasteiger partial charge in [0.2, 0.25) is 0 Å². The van der Waals surface area contributed by atoms with Gasteiger partial charge in [-0.15, -0.1) is 11.3 Å². The quantitative estimate of drug-likeness (QED) is 0.891. The van der Waals surface area contributed by atoms with Crippen molar-refractivity contribution in [1.29, 1.82) is 0 Å². The SMILES string of the molecule is O=C(NC1CCC(n2nc3c(cc2=O)CCC3)CC1)c1ccc(Cl)s1. The molecule has 1 fully saturated rings. The molecule has 1 amide bonds. The molecule has 0 saturated heterocycles. The summed E-state index contributed by atoms with van der Waals surface area (Å²) in [6, 6.07) is 5.55. The van der Waals surface area contributed by atoms with Crippen molar-refractivity contribution < 1.29 is 4.79 Å². The summed E-state index contributed by atoms with van der Waals surface area (Å²) in [4.78, 5) is 25.2. The van der Waals surface area contributed by atoms with Gasteiger partial charge in [0.25, 0.3) is 11.5 Å². The molecule has 5 nitrogen and oxygen atoms in total. The van der Waals surface area contributed by atoms with E-state index in [9.17, 15) is 9.59 Å². The topological polar surface area (TPSA) is 64.0 Å². The molecule has 0 radical (unpaired) electrons. The van der Waals surface area contributed by atoms with Gasteiger partial charge in [-0.05, 0) is 62.6 Å². The molecule has 2 aliphatic rings. The molecule has 0 spiro atoms. The van der Waals surface area contributed by atoms with Gasteiger partial charge in [-0.2, -0.15) is 5.10 Å². The monoisotopic (exact) mass is 377 g/mol. The number of nitrogens with zero attached hydrogens (tertiary/aromatic N) is 2. The summed E-state index contributed by atoms with van der Waals surface area (Å²) in [5.74, 6) is -0.0619. The second kappa shape index (κ2) is 6.92. The largest absolute Gasteiger partial charge is 0.349 e. The highest BCUT2D eigenvalue weighted by Gasteiger charge is 2.26. The number of rotatable bonds is 3. The highest BCUT2D eigenvalue weighted by molar-refractivity contribution is 7.17. The predicted octanol–water partition coefficient (Wildman–Crippen LogP) is 3.36. The Morgan fingerprint density at radius 1 is 1.24 bits per heavy atom. The van der Waals surface area contributed by atoms with Crippen molar-refractivity contribution in [2.75, 3.05) is 0 Å². The van der Waals surface area contributed by atoms with Gasteiger partial charge >= 0.3 is 0 Å². The second-order valence-corrected chi connectivity index (χ2v) is 8.55. The van der Waals surface area contributed by atoms with Crippen LogP contribution in [0, 0.1) is 0 Å². The van der Waals surface area contributed by atoms with Gasteiger partial charge in [-0.1, -0.05) is 11.6 Å². The van der Waals surface area contributed by atoms with E-state index in [1.807, 2.05) is 0 Å². The maximum atomic E-state index is 12.3. The second-order valence-electron chi connectivity index (χ2n) is 6.84. The molecule has 2 heterocycles. The fourth-order valence-corrected chi connectivity index (χ4v) is 4.78. The van der Waals surface area contributed by atoms with E-state index in [1.54, 1.807) is 22.9 Å². The Labute approximate surface area is 155 Å². The fourth-order valence-electron chi connectivity index (χ4n) is 3.83. The maximum Gasteiger partial charge on any atom is 0.267 e. The number of hydrogen-bond donors (Lipinski definition) is 1. The van der Waals surface area contributed by atoms with Crippen molar-refractivity contribution in [2.24, 2.45) is 0 Å². The molecule has 132 valence electrons. The summed E-state index contributed by atoms with van der Waals surface area (Å²) in [7, 11) is 0. The molecule has 2 aromatic heterocycles. The molecule has 4 rings (SSSR count). The van der Waals surface area contributed by atoms with Gasteiger partial charge in [0.05, 0.1) is 20.9 Å². The van der Waals surface area contributed by atoms with Crippen LogP contribution in [-0.2, 0) is 12.8 Å². The van der Waals surface area contributed by atoms with E-state index in [1.165, 1.54) is 11.3 Å². The lowest BCUT2D eigenvalue weighted by Crippen LogP contribution is -2.39. The summed E-state index contributed by atoms with van der Waals surface area (Å²) >= 11 is 7.18. The van der Waals surface area contributed by atoms with E-state index in [0.29, 0.717) is 9.21 Å². The van der Waals surface area contributed by atoms with Crippen LogP contribution in [0.25, 0.3) is 0 Å². The van der Waals surface area contributed by atoms with Crippen molar-refractivity contribution in [1.82, 2.24) is 15.1 Å². The van der Waals surface area contributed by atoms with Crippen LogP contribution in [0.4, 0.5) is 0 Å². The van der Waals surface area contributed by atoms with Crippen LogP contribution in [0.1, 0.15) is 59.1 Å². The molecule has 0 unspecified atom stereocenters. The first kappa shape index (κ1) is 16.8. The number of nitrogens with one attached hydrogen (secondary N) is 1. The van der Waals surface area contributed by atoms with E-state index < -0.39 is 0 Å². The van der Waals surface area contributed by atoms with Crippen molar-refractivity contribution in [3.63, 3.8) is 0 Å². The van der Waals surface area contributed by atoms with Crippen molar-refractivity contribution >= 4 is 28.8 Å². The number of carbonyl (C=O) groups excluding carboxylic acids is 1. The zero-order chi connectivity index (χ0) is 17.4. The van der Waals surface area contributed by atoms with Crippen LogP contribution in [-0.4, -0.2) is 21.7 Å². The van der Waals surface area contributed by atoms with E-state index >= 15 is 0 Å². The van der Waals surface area contributed by atoms with Crippen LogP contribution >= 0.6 is 22.9 Å². The van der Waals surface area contributed by atoms with Gasteiger partial charge in [0.15, 0.2) is 0 Å². The zero-order valence-corrected chi connectivity index (χ0v) is 15.4. The van der Waals surface area contributed by atoms with Crippen LogP contribution in [0.5, 0.6) is 0 Å². The summed E-state index contributed by atoms with van der Waals surface area (Å²) in [5.41, 5.74) is 2.22. The van der Waals surface area contributed by atoms with Crippen molar-refractivity contribution in [3.8, 4) is 0 Å². The molecule has 1 N–H and O–H groups in total. The minimum Gasteiger partial charge on any atom is -0.349 e. The minimum absolute atomic E-state index is 0.0152. The first-order chi connectivity index (χ1) is 12.1. The Morgan fingerprint density at radius 3 is 2.76 bits per heavy atom. The fraction of sp³-hybridized carbons (Fsp3) is 0.500. The Morgan fingerprint density at radius 2 is 2.04 bits per heavy atom. The maximum absolute atomic E-state index is 12.3. The van der Waals surface area contributed by atoms with Crippen LogP contribution in [0.15, 0.2) is 23.0 Å². The molecular formula is C18H20ClN3O2S. The van der Waals surface area contributed by atoms with E-state index in [2.05, 4.69) is 10.4 Å². The van der Waals surface area contributed by atoms with Gasteiger partial charge < -0.3 is 5.32 Å². The summed E-state index contributed by atoms with van der Waals surface area (Å²) < 4.78 is 2.30. The molecule has 1 saturated carbocycles. The van der Waals surface area contributed by atoms with Crippen LogP contribution < -0.4 is 10.9 Å². The molecule has 0 aromatic carbocycles. The lowest BCUT2D eigenvalue weighted by Gasteiger charge is -2.29. The number of amides is 1. The first-order valence-corrected chi connectivity index (χ1v) is 9.97. The van der Waals surface area contributed by atoms with Crippen molar-refractivity contribution in [3.05, 3.63) is 49.0 Å². The van der Waals surface area contributed by atoms with Gasteiger partial charge in [-0.3, -0.25) is 9.59 Å². The number of aromatic nitrogens is 2. The van der Waals surface area contributed by atoms with Gasteiger partial charge in [0.1, 0.15) is 0 Å². The first-order valence-electron chi connectivity index (χ1n) is 8.78. The Balaban J connectivity index is 1.39. The smallest absolute Gasteiger partial charge is 0.267 e. The standard InChI is InChI=1S/C18H20ClN3O2S/c19-16-9-8-15(25-16)18(24)20-12-4-6-13(7-5-12)22-17(23)10-11-2-1-3-14(11)21-22/h8-10,12-13H,1-7H2,(H,20,24). The Kier molecular flexibility index (Phi) is 4.65. The average molecular weight is 378 g/mol. The summed E-state index contributed by atoms with van der Waals surface area (Å²) in [6.07, 6.45) is 6.50. The van der Waals surface area contributed by atoms with E-state index in [4.69, 9.17) is 11.6 Å². The third-order valence-corrected chi connectivity index (χ3v) is 6.39. The number of aryl methyl sites for hydroxylation is 2. The Bertz CT molecular complexity index is 852. The lowest BCUT2D eigenvalue weighted by atomic mass is 9.91. The molecule has 0 atom stereocenters. The van der Waals surface area contributed by atoms with Crippen LogP contribution in [0.2, 0.25) is 4.34 Å². The van der Waals surface area contributed by atoms with Crippen molar-refractivity contribution in [2.45, 2.75) is 57.0 Å². The summed E-state index contributed by atoms with van der Waals surface area (Å²) in [6.45, 7) is 0. The van der Waals surface area contributed by atoms with Crippen LogP contribution in [0.3, 0.4) is 0 Å². The molecular weight excluding hydrogens is 358 g/mol.